The molecule has 124 valence electrons. The number of rotatable bonds is 8. The van der Waals surface area contributed by atoms with Gasteiger partial charge in [0.2, 0.25) is 5.91 Å². The highest BCUT2D eigenvalue weighted by atomic mass is 16.6. The van der Waals surface area contributed by atoms with E-state index in [2.05, 4.69) is 24.1 Å². The van der Waals surface area contributed by atoms with Crippen molar-refractivity contribution in [3.8, 4) is 11.8 Å². The number of nitro benzene ring substituents is 1. The van der Waals surface area contributed by atoms with Crippen LogP contribution < -0.4 is 5.32 Å². The fraction of sp³-hybridized carbons (Fsp3) is 0.500. The van der Waals surface area contributed by atoms with Crippen LogP contribution in [-0.2, 0) is 4.79 Å². The Kier molecular flexibility index (Phi) is 8.45. The molecule has 0 heterocycles. The quantitative estimate of drug-likeness (QED) is 0.328. The first-order valence-electron chi connectivity index (χ1n) is 8.09. The van der Waals surface area contributed by atoms with E-state index in [0.717, 1.165) is 19.3 Å². The van der Waals surface area contributed by atoms with E-state index in [1.807, 2.05) is 0 Å². The molecule has 0 saturated carbocycles. The van der Waals surface area contributed by atoms with Crippen molar-refractivity contribution in [3.05, 3.63) is 33.9 Å². The molecule has 0 spiro atoms. The molecule has 1 aromatic rings. The zero-order valence-corrected chi connectivity index (χ0v) is 13.9. The van der Waals surface area contributed by atoms with E-state index >= 15 is 0 Å². The number of amides is 1. The molecule has 0 unspecified atom stereocenters. The number of hydrogen-bond acceptors (Lipinski definition) is 3. The highest BCUT2D eigenvalue weighted by Gasteiger charge is 2.10. The second kappa shape index (κ2) is 10.4. The van der Waals surface area contributed by atoms with Crippen LogP contribution in [0.3, 0.4) is 0 Å². The fourth-order valence-electron chi connectivity index (χ4n) is 2.20. The van der Waals surface area contributed by atoms with Gasteiger partial charge in [0, 0.05) is 25.5 Å². The summed E-state index contributed by atoms with van der Waals surface area (Å²) < 4.78 is 0. The standard InChI is InChI=1S/C18H24N2O3/c1-3-4-5-6-7-8-9-10-11-16-14-17(20(22)23)12-13-18(16)19-15(2)21/h12-14H,3-9H2,1-2H3,(H,19,21). The van der Waals surface area contributed by atoms with Gasteiger partial charge in [-0.3, -0.25) is 14.9 Å². The normalized spacial score (nSPS) is 9.83. The van der Waals surface area contributed by atoms with Crippen LogP contribution in [0, 0.1) is 22.0 Å². The Morgan fingerprint density at radius 3 is 2.57 bits per heavy atom. The number of nitrogens with one attached hydrogen (secondary N) is 1. The Balaban J connectivity index is 2.66. The second-order valence-corrected chi connectivity index (χ2v) is 5.49. The first-order chi connectivity index (χ1) is 11.0. The molecule has 0 aromatic heterocycles. The molecule has 1 aromatic carbocycles. The Hall–Kier alpha value is -2.35. The van der Waals surface area contributed by atoms with Gasteiger partial charge >= 0.3 is 0 Å². The number of hydrogen-bond donors (Lipinski definition) is 1. The van der Waals surface area contributed by atoms with Crippen LogP contribution in [0.1, 0.15) is 64.4 Å². The van der Waals surface area contributed by atoms with Gasteiger partial charge in [-0.1, -0.05) is 50.9 Å². The smallest absolute Gasteiger partial charge is 0.270 e. The van der Waals surface area contributed by atoms with Crippen molar-refractivity contribution in [2.45, 2.75) is 58.8 Å². The molecule has 0 bridgehead atoms. The summed E-state index contributed by atoms with van der Waals surface area (Å²) >= 11 is 0. The zero-order valence-electron chi connectivity index (χ0n) is 13.9. The SMILES string of the molecule is CCCCCCCCC#Cc1cc([N+](=O)[O-])ccc1NC(C)=O. The molecule has 0 fully saturated rings. The minimum Gasteiger partial charge on any atom is -0.325 e. The van der Waals surface area contributed by atoms with Crippen LogP contribution >= 0.6 is 0 Å². The molecule has 0 saturated heterocycles. The third kappa shape index (κ3) is 7.46. The monoisotopic (exact) mass is 316 g/mol. The molecule has 0 atom stereocenters. The summed E-state index contributed by atoms with van der Waals surface area (Å²) in [6.45, 7) is 3.59. The molecular formula is C18H24N2O3. The van der Waals surface area contributed by atoms with E-state index in [4.69, 9.17) is 0 Å². The van der Waals surface area contributed by atoms with Crippen LogP contribution in [-0.4, -0.2) is 10.8 Å². The summed E-state index contributed by atoms with van der Waals surface area (Å²) in [7, 11) is 0. The van der Waals surface area contributed by atoms with Crippen LogP contribution in [0.25, 0.3) is 0 Å². The summed E-state index contributed by atoms with van der Waals surface area (Å²) in [6.07, 6.45) is 7.94. The number of carbonyl (C=O) groups is 1. The van der Waals surface area contributed by atoms with Crippen LogP contribution in [0.4, 0.5) is 11.4 Å². The lowest BCUT2D eigenvalue weighted by molar-refractivity contribution is -0.384. The number of anilines is 1. The average molecular weight is 316 g/mol. The molecule has 23 heavy (non-hydrogen) atoms. The number of benzene rings is 1. The minimum absolute atomic E-state index is 0.0250. The molecule has 5 nitrogen and oxygen atoms in total. The maximum atomic E-state index is 11.2. The van der Waals surface area contributed by atoms with Crippen molar-refractivity contribution in [2.75, 3.05) is 5.32 Å². The molecule has 0 aliphatic rings. The van der Waals surface area contributed by atoms with Crippen molar-refractivity contribution in [1.82, 2.24) is 0 Å². The Bertz CT molecular complexity index is 600. The average Bonchev–Trinajstić information content (AvgIpc) is 2.50. The zero-order chi connectivity index (χ0) is 17.1. The second-order valence-electron chi connectivity index (χ2n) is 5.49. The molecule has 1 rings (SSSR count). The summed E-state index contributed by atoms with van der Waals surface area (Å²) in [6, 6.07) is 4.29. The lowest BCUT2D eigenvalue weighted by Crippen LogP contribution is -2.07. The molecular weight excluding hydrogens is 292 g/mol. The van der Waals surface area contributed by atoms with Gasteiger partial charge in [0.25, 0.3) is 5.69 Å². The molecule has 5 heteroatoms. The van der Waals surface area contributed by atoms with Gasteiger partial charge in [0.15, 0.2) is 0 Å². The predicted octanol–water partition coefficient (Wildman–Crippen LogP) is 4.66. The number of carbonyl (C=O) groups excluding carboxylic acids is 1. The number of nitrogens with zero attached hydrogens (tertiary/aromatic N) is 1. The van der Waals surface area contributed by atoms with Crippen LogP contribution in [0.15, 0.2) is 18.2 Å². The topological polar surface area (TPSA) is 72.2 Å². The summed E-state index contributed by atoms with van der Waals surface area (Å²) in [5.41, 5.74) is 0.974. The van der Waals surface area contributed by atoms with Gasteiger partial charge in [-0.25, -0.2) is 0 Å². The number of non-ortho nitro benzene ring substituents is 1. The highest BCUT2D eigenvalue weighted by molar-refractivity contribution is 5.90. The maximum absolute atomic E-state index is 11.2. The molecule has 0 aliphatic heterocycles. The first-order valence-corrected chi connectivity index (χ1v) is 8.09. The number of unbranched alkanes of at least 4 members (excludes halogenated alkanes) is 6. The first kappa shape index (κ1) is 18.7. The van der Waals surface area contributed by atoms with E-state index in [9.17, 15) is 14.9 Å². The van der Waals surface area contributed by atoms with Crippen molar-refractivity contribution in [1.29, 1.82) is 0 Å². The molecule has 0 radical (unpaired) electrons. The van der Waals surface area contributed by atoms with Crippen molar-refractivity contribution in [2.24, 2.45) is 0 Å². The van der Waals surface area contributed by atoms with Gasteiger partial charge in [-0.15, -0.1) is 0 Å². The van der Waals surface area contributed by atoms with Crippen molar-refractivity contribution < 1.29 is 9.72 Å². The predicted molar refractivity (Wildman–Crippen MR) is 92.3 cm³/mol. The lowest BCUT2D eigenvalue weighted by Gasteiger charge is -2.04. The molecule has 1 N–H and O–H groups in total. The van der Waals surface area contributed by atoms with Crippen molar-refractivity contribution in [3.63, 3.8) is 0 Å². The van der Waals surface area contributed by atoms with E-state index in [0.29, 0.717) is 11.3 Å². The minimum atomic E-state index is -0.462. The largest absolute Gasteiger partial charge is 0.325 e. The van der Waals surface area contributed by atoms with Crippen molar-refractivity contribution >= 4 is 17.3 Å². The Morgan fingerprint density at radius 1 is 1.22 bits per heavy atom. The molecule has 1 amide bonds. The Labute approximate surface area is 137 Å². The molecule has 0 aliphatic carbocycles. The van der Waals surface area contributed by atoms with Gasteiger partial charge in [-0.2, -0.15) is 0 Å². The summed E-state index contributed by atoms with van der Waals surface area (Å²) in [5, 5.41) is 13.5. The summed E-state index contributed by atoms with van der Waals surface area (Å²) in [5.74, 6) is 5.77. The van der Waals surface area contributed by atoms with Gasteiger partial charge in [-0.05, 0) is 12.5 Å². The van der Waals surface area contributed by atoms with Gasteiger partial charge < -0.3 is 5.32 Å². The van der Waals surface area contributed by atoms with E-state index in [1.165, 1.54) is 50.8 Å². The van der Waals surface area contributed by atoms with Crippen LogP contribution in [0.5, 0.6) is 0 Å². The third-order valence-electron chi connectivity index (χ3n) is 3.40. The maximum Gasteiger partial charge on any atom is 0.270 e. The van der Waals surface area contributed by atoms with Gasteiger partial charge in [0.1, 0.15) is 0 Å². The third-order valence-corrected chi connectivity index (χ3v) is 3.40. The van der Waals surface area contributed by atoms with Crippen LogP contribution in [0.2, 0.25) is 0 Å². The summed E-state index contributed by atoms with van der Waals surface area (Å²) in [4.78, 5) is 21.6. The fourth-order valence-corrected chi connectivity index (χ4v) is 2.20. The van der Waals surface area contributed by atoms with E-state index in [-0.39, 0.29) is 11.6 Å². The lowest BCUT2D eigenvalue weighted by atomic mass is 10.1. The van der Waals surface area contributed by atoms with E-state index < -0.39 is 4.92 Å². The number of nitro groups is 1. The van der Waals surface area contributed by atoms with E-state index in [1.54, 1.807) is 0 Å². The highest BCUT2D eigenvalue weighted by Crippen LogP contribution is 2.21. The van der Waals surface area contributed by atoms with Gasteiger partial charge in [0.05, 0.1) is 16.2 Å². The Morgan fingerprint density at radius 2 is 1.91 bits per heavy atom.